The van der Waals surface area contributed by atoms with Crippen LogP contribution in [0.3, 0.4) is 0 Å². The highest BCUT2D eigenvalue weighted by Crippen LogP contribution is 2.35. The molecule has 3 nitrogen and oxygen atoms in total. The molecule has 1 aliphatic heterocycles. The number of aryl methyl sites for hydroxylation is 1. The summed E-state index contributed by atoms with van der Waals surface area (Å²) in [5.41, 5.74) is 1.33. The Hall–Kier alpha value is -1.77. The van der Waals surface area contributed by atoms with E-state index in [1.165, 1.54) is 6.07 Å². The summed E-state index contributed by atoms with van der Waals surface area (Å²) in [6.45, 7) is 4.18. The van der Waals surface area contributed by atoms with E-state index in [1.54, 1.807) is 6.07 Å². The summed E-state index contributed by atoms with van der Waals surface area (Å²) >= 11 is 0. The molecule has 1 aliphatic rings. The largest absolute Gasteiger partial charge is 0.488 e. The van der Waals surface area contributed by atoms with Crippen molar-refractivity contribution in [2.24, 2.45) is 0 Å². The van der Waals surface area contributed by atoms with E-state index in [1.807, 2.05) is 12.1 Å². The van der Waals surface area contributed by atoms with Gasteiger partial charge in [-0.05, 0) is 50.5 Å². The standard InChI is InChI=1S/C14H14O3/c1-14(2)6-5-10-7-11-9(8-12(10)17-14)3-4-13(15)16-11/h3-4,7-8H,5-6H2,1-2H3. The molecule has 17 heavy (non-hydrogen) atoms. The fraction of sp³-hybridized carbons (Fsp3) is 0.357. The van der Waals surface area contributed by atoms with Crippen LogP contribution in [0.1, 0.15) is 25.8 Å². The first kappa shape index (κ1) is 10.4. The molecule has 0 unspecified atom stereocenters. The van der Waals surface area contributed by atoms with Gasteiger partial charge in [-0.25, -0.2) is 4.79 Å². The fourth-order valence-corrected chi connectivity index (χ4v) is 2.21. The molecule has 2 aromatic rings. The molecule has 2 heterocycles. The Kier molecular flexibility index (Phi) is 2.05. The Morgan fingerprint density at radius 3 is 2.88 bits per heavy atom. The molecule has 0 saturated carbocycles. The normalized spacial score (nSPS) is 17.5. The predicted molar refractivity (Wildman–Crippen MR) is 65.5 cm³/mol. The molecule has 1 aromatic heterocycles. The number of benzene rings is 1. The van der Waals surface area contributed by atoms with Crippen molar-refractivity contribution < 1.29 is 9.15 Å². The molecule has 0 radical (unpaired) electrons. The quantitative estimate of drug-likeness (QED) is 0.653. The second kappa shape index (κ2) is 3.36. The van der Waals surface area contributed by atoms with Crippen LogP contribution in [0.2, 0.25) is 0 Å². The third kappa shape index (κ3) is 1.82. The van der Waals surface area contributed by atoms with E-state index < -0.39 is 0 Å². The van der Waals surface area contributed by atoms with Crippen LogP contribution in [-0.4, -0.2) is 5.60 Å². The van der Waals surface area contributed by atoms with E-state index in [-0.39, 0.29) is 11.2 Å². The Bertz CT molecular complexity index is 637. The molecule has 0 spiro atoms. The van der Waals surface area contributed by atoms with Crippen LogP contribution in [0.5, 0.6) is 5.75 Å². The smallest absolute Gasteiger partial charge is 0.336 e. The second-order valence-electron chi connectivity index (χ2n) is 5.11. The summed E-state index contributed by atoms with van der Waals surface area (Å²) in [4.78, 5) is 11.2. The van der Waals surface area contributed by atoms with Crippen molar-refractivity contribution in [1.29, 1.82) is 0 Å². The van der Waals surface area contributed by atoms with E-state index in [0.717, 1.165) is 29.5 Å². The highest BCUT2D eigenvalue weighted by atomic mass is 16.5. The van der Waals surface area contributed by atoms with Crippen molar-refractivity contribution in [2.45, 2.75) is 32.3 Å². The van der Waals surface area contributed by atoms with Crippen LogP contribution in [0.15, 0.2) is 33.5 Å². The van der Waals surface area contributed by atoms with E-state index in [0.29, 0.717) is 5.58 Å². The van der Waals surface area contributed by atoms with Crippen molar-refractivity contribution in [1.82, 2.24) is 0 Å². The summed E-state index contributed by atoms with van der Waals surface area (Å²) in [5.74, 6) is 0.905. The van der Waals surface area contributed by atoms with Gasteiger partial charge in [0.05, 0.1) is 0 Å². The van der Waals surface area contributed by atoms with Crippen LogP contribution < -0.4 is 10.4 Å². The summed E-state index contributed by atoms with van der Waals surface area (Å²) in [5, 5.41) is 0.904. The molecule has 0 N–H and O–H groups in total. The molecule has 0 atom stereocenters. The molecule has 0 amide bonds. The zero-order chi connectivity index (χ0) is 12.0. The van der Waals surface area contributed by atoms with Gasteiger partial charge in [0.1, 0.15) is 16.9 Å². The number of fused-ring (bicyclic) bond motifs is 2. The summed E-state index contributed by atoms with van der Waals surface area (Å²) in [6.07, 6.45) is 1.93. The van der Waals surface area contributed by atoms with Gasteiger partial charge < -0.3 is 9.15 Å². The minimum Gasteiger partial charge on any atom is -0.488 e. The highest BCUT2D eigenvalue weighted by Gasteiger charge is 2.26. The molecule has 0 saturated heterocycles. The van der Waals surface area contributed by atoms with E-state index in [2.05, 4.69) is 13.8 Å². The second-order valence-corrected chi connectivity index (χ2v) is 5.11. The van der Waals surface area contributed by atoms with Crippen molar-refractivity contribution in [2.75, 3.05) is 0 Å². The lowest BCUT2D eigenvalue weighted by Gasteiger charge is -2.32. The van der Waals surface area contributed by atoms with Crippen molar-refractivity contribution in [3.8, 4) is 5.75 Å². The first-order valence-electron chi connectivity index (χ1n) is 5.79. The number of ether oxygens (including phenoxy) is 1. The zero-order valence-electron chi connectivity index (χ0n) is 9.95. The lowest BCUT2D eigenvalue weighted by molar-refractivity contribution is 0.0849. The van der Waals surface area contributed by atoms with Gasteiger partial charge in [-0.2, -0.15) is 0 Å². The van der Waals surface area contributed by atoms with Gasteiger partial charge >= 0.3 is 5.63 Å². The molecule has 3 heteroatoms. The monoisotopic (exact) mass is 230 g/mol. The maximum atomic E-state index is 11.2. The van der Waals surface area contributed by atoms with Gasteiger partial charge in [-0.1, -0.05) is 0 Å². The summed E-state index contributed by atoms with van der Waals surface area (Å²) < 4.78 is 11.1. The SMILES string of the molecule is CC1(C)CCc2cc3oc(=O)ccc3cc2O1. The minimum absolute atomic E-state index is 0.115. The first-order valence-corrected chi connectivity index (χ1v) is 5.79. The molecule has 3 rings (SSSR count). The maximum absolute atomic E-state index is 11.2. The van der Waals surface area contributed by atoms with Crippen LogP contribution in [0.4, 0.5) is 0 Å². The van der Waals surface area contributed by atoms with Gasteiger partial charge in [0.2, 0.25) is 0 Å². The minimum atomic E-state index is -0.311. The predicted octanol–water partition coefficient (Wildman–Crippen LogP) is 2.90. The Balaban J connectivity index is 2.20. The number of rotatable bonds is 0. The lowest BCUT2D eigenvalue weighted by atomic mass is 9.94. The molecular formula is C14H14O3. The van der Waals surface area contributed by atoms with Gasteiger partial charge in [0.25, 0.3) is 0 Å². The number of hydrogen-bond acceptors (Lipinski definition) is 3. The van der Waals surface area contributed by atoms with Crippen molar-refractivity contribution in [3.05, 3.63) is 40.2 Å². The van der Waals surface area contributed by atoms with Gasteiger partial charge in [0.15, 0.2) is 0 Å². The topological polar surface area (TPSA) is 39.4 Å². The van der Waals surface area contributed by atoms with Crippen LogP contribution in [-0.2, 0) is 6.42 Å². The molecule has 0 aliphatic carbocycles. The van der Waals surface area contributed by atoms with E-state index in [4.69, 9.17) is 9.15 Å². The Morgan fingerprint density at radius 2 is 2.06 bits per heavy atom. The van der Waals surface area contributed by atoms with Crippen LogP contribution >= 0.6 is 0 Å². The average Bonchev–Trinajstić information content (AvgIpc) is 2.26. The molecule has 1 aromatic carbocycles. The highest BCUT2D eigenvalue weighted by molar-refractivity contribution is 5.79. The van der Waals surface area contributed by atoms with E-state index in [9.17, 15) is 4.79 Å². The third-order valence-electron chi connectivity index (χ3n) is 3.19. The maximum Gasteiger partial charge on any atom is 0.336 e. The summed E-state index contributed by atoms with van der Waals surface area (Å²) in [7, 11) is 0. The summed E-state index contributed by atoms with van der Waals surface area (Å²) in [6, 6.07) is 7.07. The van der Waals surface area contributed by atoms with Crippen molar-refractivity contribution in [3.63, 3.8) is 0 Å². The Morgan fingerprint density at radius 1 is 1.24 bits per heavy atom. The molecule has 88 valence electrons. The van der Waals surface area contributed by atoms with Gasteiger partial charge in [0, 0.05) is 11.5 Å². The van der Waals surface area contributed by atoms with E-state index >= 15 is 0 Å². The van der Waals surface area contributed by atoms with Gasteiger partial charge in [-0.3, -0.25) is 0 Å². The van der Waals surface area contributed by atoms with Crippen LogP contribution in [0, 0.1) is 0 Å². The molecule has 0 fully saturated rings. The zero-order valence-corrected chi connectivity index (χ0v) is 9.95. The van der Waals surface area contributed by atoms with Crippen LogP contribution in [0.25, 0.3) is 11.0 Å². The first-order chi connectivity index (χ1) is 8.03. The van der Waals surface area contributed by atoms with Gasteiger partial charge in [-0.15, -0.1) is 0 Å². The average molecular weight is 230 g/mol. The third-order valence-corrected chi connectivity index (χ3v) is 3.19. The lowest BCUT2D eigenvalue weighted by Crippen LogP contribution is -2.32. The fourth-order valence-electron chi connectivity index (χ4n) is 2.21. The Labute approximate surface area is 99.0 Å². The van der Waals surface area contributed by atoms with Crippen molar-refractivity contribution >= 4 is 11.0 Å². The molecule has 0 bridgehead atoms. The molecular weight excluding hydrogens is 216 g/mol. The number of hydrogen-bond donors (Lipinski definition) is 0.